The van der Waals surface area contributed by atoms with Crippen molar-refractivity contribution in [1.82, 2.24) is 0 Å². The van der Waals surface area contributed by atoms with Gasteiger partial charge in [-0.05, 0) is 42.8 Å². The standard InChI is InChI=1S/C14H14N2O3/c1-9-8-11(5-6-12(9)15-10(2)17)16-14(18)13-4-3-7-19-13/h3-8H,1-2H3,(H,15,17)(H,16,18). The van der Waals surface area contributed by atoms with E-state index >= 15 is 0 Å². The van der Waals surface area contributed by atoms with Crippen molar-refractivity contribution < 1.29 is 14.0 Å². The van der Waals surface area contributed by atoms with Crippen LogP contribution in [0.3, 0.4) is 0 Å². The van der Waals surface area contributed by atoms with E-state index in [4.69, 9.17) is 4.42 Å². The average Bonchev–Trinajstić information content (AvgIpc) is 2.86. The van der Waals surface area contributed by atoms with Gasteiger partial charge in [0.1, 0.15) is 0 Å². The number of furan rings is 1. The molecule has 0 aliphatic carbocycles. The Morgan fingerprint density at radius 3 is 2.53 bits per heavy atom. The van der Waals surface area contributed by atoms with E-state index in [0.29, 0.717) is 5.69 Å². The van der Waals surface area contributed by atoms with Gasteiger partial charge in [0.15, 0.2) is 5.76 Å². The molecule has 2 aromatic rings. The Hall–Kier alpha value is -2.56. The lowest BCUT2D eigenvalue weighted by Crippen LogP contribution is -2.12. The van der Waals surface area contributed by atoms with Gasteiger partial charge < -0.3 is 15.1 Å². The first kappa shape index (κ1) is 12.9. The third-order valence-corrected chi connectivity index (χ3v) is 2.54. The summed E-state index contributed by atoms with van der Waals surface area (Å²) in [4.78, 5) is 22.8. The molecule has 1 aromatic carbocycles. The molecule has 1 heterocycles. The van der Waals surface area contributed by atoms with Crippen LogP contribution in [0.25, 0.3) is 0 Å². The van der Waals surface area contributed by atoms with E-state index in [9.17, 15) is 9.59 Å². The molecule has 98 valence electrons. The van der Waals surface area contributed by atoms with Crippen molar-refractivity contribution in [2.24, 2.45) is 0 Å². The molecule has 19 heavy (non-hydrogen) atoms. The lowest BCUT2D eigenvalue weighted by Gasteiger charge is -2.09. The Morgan fingerprint density at radius 2 is 1.95 bits per heavy atom. The summed E-state index contributed by atoms with van der Waals surface area (Å²) in [6.07, 6.45) is 1.44. The molecular formula is C14H14N2O3. The molecule has 0 unspecified atom stereocenters. The van der Waals surface area contributed by atoms with Crippen LogP contribution < -0.4 is 10.6 Å². The second kappa shape index (κ2) is 5.39. The molecule has 0 fully saturated rings. The Labute approximate surface area is 110 Å². The highest BCUT2D eigenvalue weighted by molar-refractivity contribution is 6.02. The first-order valence-electron chi connectivity index (χ1n) is 5.79. The maximum atomic E-state index is 11.8. The number of hydrogen-bond acceptors (Lipinski definition) is 3. The quantitative estimate of drug-likeness (QED) is 0.889. The largest absolute Gasteiger partial charge is 0.459 e. The second-order valence-electron chi connectivity index (χ2n) is 4.14. The first-order valence-corrected chi connectivity index (χ1v) is 5.79. The predicted octanol–water partition coefficient (Wildman–Crippen LogP) is 2.80. The molecule has 0 aliphatic rings. The third-order valence-electron chi connectivity index (χ3n) is 2.54. The predicted molar refractivity (Wildman–Crippen MR) is 72.1 cm³/mol. The Morgan fingerprint density at radius 1 is 1.16 bits per heavy atom. The van der Waals surface area contributed by atoms with Gasteiger partial charge in [-0.1, -0.05) is 0 Å². The molecule has 5 heteroatoms. The van der Waals surface area contributed by atoms with Crippen molar-refractivity contribution in [2.75, 3.05) is 10.6 Å². The van der Waals surface area contributed by atoms with Gasteiger partial charge in [-0.3, -0.25) is 9.59 Å². The molecule has 2 rings (SSSR count). The maximum absolute atomic E-state index is 11.8. The number of anilines is 2. The molecule has 0 saturated heterocycles. The summed E-state index contributed by atoms with van der Waals surface area (Å²) in [7, 11) is 0. The van der Waals surface area contributed by atoms with E-state index in [0.717, 1.165) is 11.3 Å². The van der Waals surface area contributed by atoms with Crippen molar-refractivity contribution in [3.05, 3.63) is 47.9 Å². The fourth-order valence-electron chi connectivity index (χ4n) is 1.67. The van der Waals surface area contributed by atoms with Gasteiger partial charge >= 0.3 is 0 Å². The van der Waals surface area contributed by atoms with Gasteiger partial charge in [-0.2, -0.15) is 0 Å². The highest BCUT2D eigenvalue weighted by Gasteiger charge is 2.09. The third kappa shape index (κ3) is 3.22. The first-order chi connectivity index (χ1) is 9.06. The molecule has 0 spiro atoms. The van der Waals surface area contributed by atoms with E-state index in [1.165, 1.54) is 13.2 Å². The highest BCUT2D eigenvalue weighted by atomic mass is 16.3. The van der Waals surface area contributed by atoms with E-state index in [1.807, 2.05) is 6.92 Å². The highest BCUT2D eigenvalue weighted by Crippen LogP contribution is 2.20. The molecule has 5 nitrogen and oxygen atoms in total. The molecular weight excluding hydrogens is 244 g/mol. The minimum Gasteiger partial charge on any atom is -0.459 e. The summed E-state index contributed by atoms with van der Waals surface area (Å²) in [6, 6.07) is 8.49. The van der Waals surface area contributed by atoms with Crippen molar-refractivity contribution in [1.29, 1.82) is 0 Å². The van der Waals surface area contributed by atoms with Crippen LogP contribution in [0.15, 0.2) is 41.0 Å². The van der Waals surface area contributed by atoms with Crippen molar-refractivity contribution >= 4 is 23.2 Å². The molecule has 2 N–H and O–H groups in total. The fourth-order valence-corrected chi connectivity index (χ4v) is 1.67. The fraction of sp³-hybridized carbons (Fsp3) is 0.143. The van der Waals surface area contributed by atoms with Crippen LogP contribution in [0, 0.1) is 6.92 Å². The summed E-state index contributed by atoms with van der Waals surface area (Å²) in [5.74, 6) is -0.185. The lowest BCUT2D eigenvalue weighted by molar-refractivity contribution is -0.114. The van der Waals surface area contributed by atoms with Crippen LogP contribution in [-0.2, 0) is 4.79 Å². The Balaban J connectivity index is 2.12. The van der Waals surface area contributed by atoms with Crippen LogP contribution >= 0.6 is 0 Å². The SMILES string of the molecule is CC(=O)Nc1ccc(NC(=O)c2ccco2)cc1C. The number of rotatable bonds is 3. The van der Waals surface area contributed by atoms with Gasteiger partial charge in [0.2, 0.25) is 5.91 Å². The molecule has 2 amide bonds. The van der Waals surface area contributed by atoms with E-state index in [-0.39, 0.29) is 17.6 Å². The topological polar surface area (TPSA) is 71.3 Å². The van der Waals surface area contributed by atoms with Crippen molar-refractivity contribution in [3.63, 3.8) is 0 Å². The summed E-state index contributed by atoms with van der Waals surface area (Å²) >= 11 is 0. The van der Waals surface area contributed by atoms with E-state index < -0.39 is 0 Å². The van der Waals surface area contributed by atoms with Gasteiger partial charge in [0.05, 0.1) is 6.26 Å². The molecule has 0 saturated carbocycles. The van der Waals surface area contributed by atoms with Crippen LogP contribution in [0.1, 0.15) is 23.0 Å². The normalized spacial score (nSPS) is 10.0. The zero-order chi connectivity index (χ0) is 13.8. The van der Waals surface area contributed by atoms with Crippen LogP contribution in [0.4, 0.5) is 11.4 Å². The van der Waals surface area contributed by atoms with Crippen LogP contribution in [0.2, 0.25) is 0 Å². The van der Waals surface area contributed by atoms with Gasteiger partial charge in [0, 0.05) is 18.3 Å². The van der Waals surface area contributed by atoms with Crippen LogP contribution in [-0.4, -0.2) is 11.8 Å². The summed E-state index contributed by atoms with van der Waals surface area (Å²) < 4.78 is 5.01. The molecule has 0 aliphatic heterocycles. The molecule has 0 radical (unpaired) electrons. The summed E-state index contributed by atoms with van der Waals surface area (Å²) in [5, 5.41) is 5.43. The maximum Gasteiger partial charge on any atom is 0.291 e. The Kier molecular flexibility index (Phi) is 3.66. The minimum absolute atomic E-state index is 0.129. The van der Waals surface area contributed by atoms with Crippen LogP contribution in [0.5, 0.6) is 0 Å². The van der Waals surface area contributed by atoms with Gasteiger partial charge in [-0.25, -0.2) is 0 Å². The number of nitrogens with one attached hydrogen (secondary N) is 2. The van der Waals surface area contributed by atoms with Crippen molar-refractivity contribution in [3.8, 4) is 0 Å². The van der Waals surface area contributed by atoms with Gasteiger partial charge in [0.25, 0.3) is 5.91 Å². The zero-order valence-corrected chi connectivity index (χ0v) is 10.7. The smallest absolute Gasteiger partial charge is 0.291 e. The Bertz CT molecular complexity index is 603. The monoisotopic (exact) mass is 258 g/mol. The number of amides is 2. The second-order valence-corrected chi connectivity index (χ2v) is 4.14. The van der Waals surface area contributed by atoms with Gasteiger partial charge in [-0.15, -0.1) is 0 Å². The summed E-state index contributed by atoms with van der Waals surface area (Å²) in [6.45, 7) is 3.31. The van der Waals surface area contributed by atoms with E-state index in [1.54, 1.807) is 30.3 Å². The number of carbonyl (C=O) groups excluding carboxylic acids is 2. The number of hydrogen-bond donors (Lipinski definition) is 2. The minimum atomic E-state index is -0.309. The van der Waals surface area contributed by atoms with Crippen molar-refractivity contribution in [2.45, 2.75) is 13.8 Å². The van der Waals surface area contributed by atoms with E-state index in [2.05, 4.69) is 10.6 Å². The summed E-state index contributed by atoms with van der Waals surface area (Å²) in [5.41, 5.74) is 2.24. The number of aryl methyl sites for hydroxylation is 1. The lowest BCUT2D eigenvalue weighted by atomic mass is 10.1. The molecule has 1 aromatic heterocycles. The molecule has 0 atom stereocenters. The number of carbonyl (C=O) groups is 2. The zero-order valence-electron chi connectivity index (χ0n) is 10.7. The average molecular weight is 258 g/mol. The molecule has 0 bridgehead atoms. The number of benzene rings is 1.